The highest BCUT2D eigenvalue weighted by molar-refractivity contribution is 5.77. The van der Waals surface area contributed by atoms with Gasteiger partial charge < -0.3 is 9.15 Å². The largest absolute Gasteiger partial charge is 0.466 e. The molecule has 0 spiro atoms. The van der Waals surface area contributed by atoms with Crippen molar-refractivity contribution >= 4 is 11.9 Å². The molecule has 0 N–H and O–H groups in total. The molecule has 0 bridgehead atoms. The molecule has 0 amide bonds. The molecule has 0 saturated heterocycles. The standard InChI is InChI=1S/C10H11NO5/c1-2-15-10(12)7-5-6(7)8-3-4-9(16-8)11(13)14/h3-4,6-7H,2,5H2,1H3. The predicted octanol–water partition coefficient (Wildman–Crippen LogP) is 1.85. The Bertz CT molecular complexity index is 425. The highest BCUT2D eigenvalue weighted by atomic mass is 16.6. The number of hydrogen-bond acceptors (Lipinski definition) is 5. The first-order valence-corrected chi connectivity index (χ1v) is 5.04. The Hall–Kier alpha value is -1.85. The number of hydrogen-bond donors (Lipinski definition) is 0. The van der Waals surface area contributed by atoms with E-state index in [9.17, 15) is 14.9 Å². The minimum Gasteiger partial charge on any atom is -0.466 e. The van der Waals surface area contributed by atoms with Crippen LogP contribution >= 0.6 is 0 Å². The monoisotopic (exact) mass is 225 g/mol. The molecular formula is C10H11NO5. The van der Waals surface area contributed by atoms with Crippen molar-refractivity contribution in [1.82, 2.24) is 0 Å². The molecule has 1 fully saturated rings. The van der Waals surface area contributed by atoms with Crippen molar-refractivity contribution in [2.75, 3.05) is 6.61 Å². The third kappa shape index (κ3) is 1.91. The van der Waals surface area contributed by atoms with Gasteiger partial charge in [-0.25, -0.2) is 0 Å². The molecule has 16 heavy (non-hydrogen) atoms. The minimum absolute atomic E-state index is 0.0623. The van der Waals surface area contributed by atoms with E-state index in [1.807, 2.05) is 0 Å². The summed E-state index contributed by atoms with van der Waals surface area (Å²) in [6.45, 7) is 2.09. The molecule has 2 unspecified atom stereocenters. The third-order valence-corrected chi connectivity index (χ3v) is 2.54. The van der Waals surface area contributed by atoms with Crippen molar-refractivity contribution in [2.24, 2.45) is 5.92 Å². The molecule has 1 aromatic heterocycles. The second-order valence-electron chi connectivity index (χ2n) is 3.63. The van der Waals surface area contributed by atoms with Gasteiger partial charge in [-0.3, -0.25) is 14.9 Å². The fourth-order valence-corrected chi connectivity index (χ4v) is 1.66. The Morgan fingerprint density at radius 2 is 2.44 bits per heavy atom. The first kappa shape index (κ1) is 10.7. The number of nitro groups is 1. The van der Waals surface area contributed by atoms with Crippen molar-refractivity contribution in [1.29, 1.82) is 0 Å². The number of carbonyl (C=O) groups is 1. The fourth-order valence-electron chi connectivity index (χ4n) is 1.66. The summed E-state index contributed by atoms with van der Waals surface area (Å²) in [4.78, 5) is 21.1. The molecule has 1 aliphatic carbocycles. The van der Waals surface area contributed by atoms with E-state index in [1.165, 1.54) is 6.07 Å². The van der Waals surface area contributed by atoms with Crippen LogP contribution in [0.3, 0.4) is 0 Å². The van der Waals surface area contributed by atoms with Gasteiger partial charge in [0.15, 0.2) is 0 Å². The molecule has 6 nitrogen and oxygen atoms in total. The van der Waals surface area contributed by atoms with Crippen molar-refractivity contribution in [2.45, 2.75) is 19.3 Å². The maximum atomic E-state index is 11.3. The Labute approximate surface area is 91.3 Å². The van der Waals surface area contributed by atoms with Gasteiger partial charge in [-0.15, -0.1) is 0 Å². The molecule has 1 aliphatic rings. The van der Waals surface area contributed by atoms with Crippen molar-refractivity contribution < 1.29 is 18.9 Å². The second kappa shape index (κ2) is 3.96. The van der Waals surface area contributed by atoms with Gasteiger partial charge in [0.2, 0.25) is 0 Å². The Morgan fingerprint density at radius 1 is 1.69 bits per heavy atom. The van der Waals surface area contributed by atoms with E-state index in [2.05, 4.69) is 0 Å². The Kier molecular flexibility index (Phi) is 2.64. The van der Waals surface area contributed by atoms with E-state index in [-0.39, 0.29) is 23.7 Å². The van der Waals surface area contributed by atoms with Crippen LogP contribution < -0.4 is 0 Å². The first-order chi connectivity index (χ1) is 7.63. The maximum absolute atomic E-state index is 11.3. The fraction of sp³-hybridized carbons (Fsp3) is 0.500. The summed E-state index contributed by atoms with van der Waals surface area (Å²) in [7, 11) is 0. The number of esters is 1. The quantitative estimate of drug-likeness (QED) is 0.443. The van der Waals surface area contributed by atoms with Crippen LogP contribution in [0.1, 0.15) is 25.0 Å². The van der Waals surface area contributed by atoms with Gasteiger partial charge >= 0.3 is 11.9 Å². The summed E-state index contributed by atoms with van der Waals surface area (Å²) in [5.74, 6) is -0.320. The van der Waals surface area contributed by atoms with E-state index in [0.29, 0.717) is 18.8 Å². The summed E-state index contributed by atoms with van der Waals surface area (Å²) in [5.41, 5.74) is 0. The lowest BCUT2D eigenvalue weighted by molar-refractivity contribution is -0.402. The molecule has 2 atom stereocenters. The zero-order chi connectivity index (χ0) is 11.7. The molecule has 2 rings (SSSR count). The second-order valence-corrected chi connectivity index (χ2v) is 3.63. The Balaban J connectivity index is 2.00. The van der Waals surface area contributed by atoms with Gasteiger partial charge in [0.05, 0.1) is 18.6 Å². The molecule has 86 valence electrons. The average Bonchev–Trinajstić information content (AvgIpc) is 2.88. The van der Waals surface area contributed by atoms with E-state index in [0.717, 1.165) is 0 Å². The zero-order valence-corrected chi connectivity index (χ0v) is 8.71. The van der Waals surface area contributed by atoms with Crippen LogP contribution in [0.4, 0.5) is 5.88 Å². The highest BCUT2D eigenvalue weighted by Crippen LogP contribution is 2.49. The summed E-state index contributed by atoms with van der Waals surface area (Å²) in [6, 6.07) is 2.85. The van der Waals surface area contributed by atoms with Crippen LogP contribution in [0.2, 0.25) is 0 Å². The molecule has 0 aliphatic heterocycles. The molecule has 1 heterocycles. The summed E-state index contributed by atoms with van der Waals surface area (Å²) >= 11 is 0. The molecule has 6 heteroatoms. The highest BCUT2D eigenvalue weighted by Gasteiger charge is 2.47. The van der Waals surface area contributed by atoms with Crippen molar-refractivity contribution in [3.05, 3.63) is 28.0 Å². The van der Waals surface area contributed by atoms with Crippen molar-refractivity contribution in [3.8, 4) is 0 Å². The van der Waals surface area contributed by atoms with Crippen LogP contribution in [0, 0.1) is 16.0 Å². The molecule has 1 aromatic rings. The van der Waals surface area contributed by atoms with E-state index < -0.39 is 4.92 Å². The van der Waals surface area contributed by atoms with E-state index in [1.54, 1.807) is 13.0 Å². The van der Waals surface area contributed by atoms with Gasteiger partial charge in [-0.1, -0.05) is 0 Å². The molecular weight excluding hydrogens is 214 g/mol. The van der Waals surface area contributed by atoms with Crippen molar-refractivity contribution in [3.63, 3.8) is 0 Å². The molecule has 0 radical (unpaired) electrons. The van der Waals surface area contributed by atoms with Gasteiger partial charge in [-0.05, 0) is 19.4 Å². The van der Waals surface area contributed by atoms with Crippen LogP contribution in [0.5, 0.6) is 0 Å². The number of furan rings is 1. The van der Waals surface area contributed by atoms with Gasteiger partial charge in [0, 0.05) is 5.92 Å². The van der Waals surface area contributed by atoms with Crippen LogP contribution in [0.25, 0.3) is 0 Å². The maximum Gasteiger partial charge on any atom is 0.433 e. The number of nitrogens with zero attached hydrogens (tertiary/aromatic N) is 1. The normalized spacial score (nSPS) is 22.8. The lowest BCUT2D eigenvalue weighted by atomic mass is 10.2. The third-order valence-electron chi connectivity index (χ3n) is 2.54. The minimum atomic E-state index is -0.592. The van der Waals surface area contributed by atoms with Crippen LogP contribution in [-0.4, -0.2) is 17.5 Å². The molecule has 0 aromatic carbocycles. The number of rotatable bonds is 4. The lowest BCUT2D eigenvalue weighted by Gasteiger charge is -1.98. The Morgan fingerprint density at radius 3 is 3.00 bits per heavy atom. The molecule has 1 saturated carbocycles. The summed E-state index contributed by atoms with van der Waals surface area (Å²) in [6.07, 6.45) is 0.642. The van der Waals surface area contributed by atoms with Crippen LogP contribution in [0.15, 0.2) is 16.5 Å². The predicted molar refractivity (Wildman–Crippen MR) is 52.8 cm³/mol. The lowest BCUT2D eigenvalue weighted by Crippen LogP contribution is -2.06. The van der Waals surface area contributed by atoms with Gasteiger partial charge in [0.1, 0.15) is 10.7 Å². The number of ether oxygens (including phenoxy) is 1. The van der Waals surface area contributed by atoms with Gasteiger partial charge in [0.25, 0.3) is 0 Å². The van der Waals surface area contributed by atoms with E-state index in [4.69, 9.17) is 9.15 Å². The first-order valence-electron chi connectivity index (χ1n) is 5.04. The van der Waals surface area contributed by atoms with Crippen LogP contribution in [-0.2, 0) is 9.53 Å². The topological polar surface area (TPSA) is 82.6 Å². The number of carbonyl (C=O) groups excluding carboxylic acids is 1. The average molecular weight is 225 g/mol. The SMILES string of the molecule is CCOC(=O)C1CC1c1ccc([N+](=O)[O-])o1. The smallest absolute Gasteiger partial charge is 0.433 e. The van der Waals surface area contributed by atoms with Gasteiger partial charge in [-0.2, -0.15) is 0 Å². The van der Waals surface area contributed by atoms with E-state index >= 15 is 0 Å². The zero-order valence-electron chi connectivity index (χ0n) is 8.71. The summed E-state index contributed by atoms with van der Waals surface area (Å²) < 4.78 is 9.88. The summed E-state index contributed by atoms with van der Waals surface area (Å²) in [5, 5.41) is 10.4.